The molecule has 0 aliphatic heterocycles. The third-order valence-electron chi connectivity index (χ3n) is 2.59. The van der Waals surface area contributed by atoms with Crippen LogP contribution < -0.4 is 5.32 Å². The van der Waals surface area contributed by atoms with E-state index in [2.05, 4.69) is 30.3 Å². The van der Waals surface area contributed by atoms with Crippen LogP contribution in [0, 0.1) is 0 Å². The molecular weight excluding hydrogens is 246 g/mol. The summed E-state index contributed by atoms with van der Waals surface area (Å²) in [5, 5.41) is 5.44. The summed E-state index contributed by atoms with van der Waals surface area (Å²) in [5.74, 6) is -0.313. The van der Waals surface area contributed by atoms with E-state index in [4.69, 9.17) is 4.74 Å². The lowest BCUT2D eigenvalue weighted by Gasteiger charge is -2.17. The number of carbonyl (C=O) groups excluding carboxylic acids is 1. The summed E-state index contributed by atoms with van der Waals surface area (Å²) >= 11 is 1.73. The van der Waals surface area contributed by atoms with Crippen LogP contribution in [-0.4, -0.2) is 19.1 Å². The smallest absolute Gasteiger partial charge is 0.334 e. The zero-order valence-electron chi connectivity index (χ0n) is 11.1. The molecule has 0 bridgehead atoms. The Hall–Kier alpha value is -1.13. The van der Waals surface area contributed by atoms with Crippen LogP contribution >= 0.6 is 11.3 Å². The van der Waals surface area contributed by atoms with Gasteiger partial charge in [-0.1, -0.05) is 26.0 Å². The molecule has 0 aliphatic rings. The molecule has 0 aliphatic carbocycles. The molecule has 1 N–H and O–H groups in total. The molecule has 1 aromatic heterocycles. The Morgan fingerprint density at radius 3 is 2.89 bits per heavy atom. The first kappa shape index (κ1) is 14.9. The third-order valence-corrected chi connectivity index (χ3v) is 3.58. The normalized spacial score (nSPS) is 12.1. The van der Waals surface area contributed by atoms with Crippen LogP contribution in [0.1, 0.15) is 37.6 Å². The van der Waals surface area contributed by atoms with Gasteiger partial charge < -0.3 is 10.1 Å². The average Bonchev–Trinajstić information content (AvgIpc) is 2.88. The van der Waals surface area contributed by atoms with E-state index < -0.39 is 0 Å². The first-order valence-electron chi connectivity index (χ1n) is 6.30. The minimum Gasteiger partial charge on any atom is -0.463 e. The van der Waals surface area contributed by atoms with Crippen LogP contribution in [0.25, 0.3) is 0 Å². The van der Waals surface area contributed by atoms with Gasteiger partial charge in [0.25, 0.3) is 0 Å². The van der Waals surface area contributed by atoms with E-state index in [0.29, 0.717) is 24.8 Å². The molecular formula is C14H21NO2S. The lowest BCUT2D eigenvalue weighted by atomic mass is 10.1. The van der Waals surface area contributed by atoms with Crippen molar-refractivity contribution in [3.8, 4) is 0 Å². The molecule has 1 atom stereocenters. The summed E-state index contributed by atoms with van der Waals surface area (Å²) in [6.45, 7) is 8.57. The molecule has 0 saturated carbocycles. The zero-order chi connectivity index (χ0) is 13.4. The molecule has 0 aromatic carbocycles. The molecule has 1 unspecified atom stereocenters. The molecule has 3 nitrogen and oxygen atoms in total. The van der Waals surface area contributed by atoms with Crippen LogP contribution in [0.4, 0.5) is 0 Å². The highest BCUT2D eigenvalue weighted by atomic mass is 32.1. The van der Waals surface area contributed by atoms with Gasteiger partial charge in [0, 0.05) is 23.0 Å². The van der Waals surface area contributed by atoms with Crippen molar-refractivity contribution in [1.82, 2.24) is 5.32 Å². The second kappa shape index (κ2) is 8.06. The van der Waals surface area contributed by atoms with E-state index in [1.54, 1.807) is 18.3 Å². The van der Waals surface area contributed by atoms with Gasteiger partial charge in [0.1, 0.15) is 0 Å². The van der Waals surface area contributed by atoms with Crippen molar-refractivity contribution in [2.24, 2.45) is 0 Å². The molecule has 0 saturated heterocycles. The van der Waals surface area contributed by atoms with Crippen molar-refractivity contribution in [3.05, 3.63) is 34.5 Å². The maximum absolute atomic E-state index is 11.4. The van der Waals surface area contributed by atoms with E-state index in [9.17, 15) is 4.79 Å². The second-order valence-corrected chi connectivity index (χ2v) is 5.04. The third kappa shape index (κ3) is 4.63. The number of hydrogen-bond donors (Lipinski definition) is 1. The molecule has 0 radical (unpaired) electrons. The minimum atomic E-state index is -0.313. The Bertz CT molecular complexity index is 373. The van der Waals surface area contributed by atoms with Gasteiger partial charge in [0.15, 0.2) is 0 Å². The summed E-state index contributed by atoms with van der Waals surface area (Å²) in [6.07, 6.45) is 2.15. The molecule has 0 fully saturated rings. The number of ether oxygens (including phenoxy) is 1. The number of nitrogens with one attached hydrogen (secondary N) is 1. The van der Waals surface area contributed by atoms with Crippen molar-refractivity contribution in [3.63, 3.8) is 0 Å². The van der Waals surface area contributed by atoms with E-state index in [0.717, 1.165) is 12.8 Å². The van der Waals surface area contributed by atoms with Crippen molar-refractivity contribution in [2.75, 3.05) is 13.2 Å². The second-order valence-electron chi connectivity index (χ2n) is 4.06. The van der Waals surface area contributed by atoms with E-state index >= 15 is 0 Å². The Labute approximate surface area is 113 Å². The lowest BCUT2D eigenvalue weighted by Crippen LogP contribution is -2.25. The highest BCUT2D eigenvalue weighted by molar-refractivity contribution is 7.10. The van der Waals surface area contributed by atoms with E-state index in [1.807, 2.05) is 6.07 Å². The average molecular weight is 267 g/mol. The first-order chi connectivity index (χ1) is 8.69. The summed E-state index contributed by atoms with van der Waals surface area (Å²) in [4.78, 5) is 12.7. The first-order valence-corrected chi connectivity index (χ1v) is 7.18. The molecule has 4 heteroatoms. The minimum absolute atomic E-state index is 0.293. The van der Waals surface area contributed by atoms with Crippen molar-refractivity contribution in [2.45, 2.75) is 32.7 Å². The van der Waals surface area contributed by atoms with Crippen LogP contribution in [0.5, 0.6) is 0 Å². The summed E-state index contributed by atoms with van der Waals surface area (Å²) < 4.78 is 4.91. The van der Waals surface area contributed by atoms with Gasteiger partial charge in [-0.3, -0.25) is 0 Å². The zero-order valence-corrected chi connectivity index (χ0v) is 11.9. The van der Waals surface area contributed by atoms with Crippen LogP contribution in [0.15, 0.2) is 29.7 Å². The summed E-state index contributed by atoms with van der Waals surface area (Å²) in [5.41, 5.74) is 0.481. The number of hydrogen-bond acceptors (Lipinski definition) is 4. The predicted octanol–water partition coefficient (Wildman–Crippen LogP) is 3.30. The Morgan fingerprint density at radius 2 is 2.33 bits per heavy atom. The van der Waals surface area contributed by atoms with Gasteiger partial charge in [-0.2, -0.15) is 0 Å². The van der Waals surface area contributed by atoms with Gasteiger partial charge in [-0.15, -0.1) is 11.3 Å². The fourth-order valence-electron chi connectivity index (χ4n) is 1.67. The Balaban J connectivity index is 2.48. The number of rotatable bonds is 8. The lowest BCUT2D eigenvalue weighted by molar-refractivity contribution is -0.138. The van der Waals surface area contributed by atoms with Gasteiger partial charge in [0.2, 0.25) is 0 Å². The van der Waals surface area contributed by atoms with Gasteiger partial charge >= 0.3 is 5.97 Å². The van der Waals surface area contributed by atoms with Crippen molar-refractivity contribution >= 4 is 17.3 Å². The van der Waals surface area contributed by atoms with Crippen molar-refractivity contribution in [1.29, 1.82) is 0 Å². The van der Waals surface area contributed by atoms with Crippen LogP contribution in [0.3, 0.4) is 0 Å². The molecule has 1 aromatic rings. The molecule has 18 heavy (non-hydrogen) atoms. The quantitative estimate of drug-likeness (QED) is 0.580. The fraction of sp³-hybridized carbons (Fsp3) is 0.500. The monoisotopic (exact) mass is 267 g/mol. The van der Waals surface area contributed by atoms with Gasteiger partial charge in [-0.05, 0) is 24.8 Å². The molecule has 0 amide bonds. The molecule has 100 valence electrons. The fourth-order valence-corrected chi connectivity index (χ4v) is 2.51. The highest BCUT2D eigenvalue weighted by Crippen LogP contribution is 2.23. The Morgan fingerprint density at radius 1 is 1.56 bits per heavy atom. The summed E-state index contributed by atoms with van der Waals surface area (Å²) in [6, 6.07) is 4.46. The van der Waals surface area contributed by atoms with Crippen LogP contribution in [-0.2, 0) is 9.53 Å². The maximum Gasteiger partial charge on any atom is 0.334 e. The SMILES string of the molecule is C=C(CNC(CCC)c1cccs1)C(=O)OCC. The molecule has 0 spiro atoms. The summed E-state index contributed by atoms with van der Waals surface area (Å²) in [7, 11) is 0. The van der Waals surface area contributed by atoms with Gasteiger partial charge in [-0.25, -0.2) is 4.79 Å². The van der Waals surface area contributed by atoms with Crippen molar-refractivity contribution < 1.29 is 9.53 Å². The maximum atomic E-state index is 11.4. The standard InChI is InChI=1S/C14H21NO2S/c1-4-7-12(13-8-6-9-18-13)15-10-11(3)14(16)17-5-2/h6,8-9,12,15H,3-5,7,10H2,1-2H3. The largest absolute Gasteiger partial charge is 0.463 e. The number of carbonyl (C=O) groups is 1. The van der Waals surface area contributed by atoms with Gasteiger partial charge in [0.05, 0.1) is 6.61 Å². The topological polar surface area (TPSA) is 38.3 Å². The predicted molar refractivity (Wildman–Crippen MR) is 75.7 cm³/mol. The molecule has 1 rings (SSSR count). The Kier molecular flexibility index (Phi) is 6.68. The van der Waals surface area contributed by atoms with E-state index in [-0.39, 0.29) is 5.97 Å². The highest BCUT2D eigenvalue weighted by Gasteiger charge is 2.13. The molecule has 1 heterocycles. The number of esters is 1. The van der Waals surface area contributed by atoms with E-state index in [1.165, 1.54) is 4.88 Å². The van der Waals surface area contributed by atoms with Crippen LogP contribution in [0.2, 0.25) is 0 Å². The number of thiophene rings is 1.